The molecule has 1 aliphatic rings. The summed E-state index contributed by atoms with van der Waals surface area (Å²) in [4.78, 5) is 13.4. The second kappa shape index (κ2) is 4.86. The molecule has 0 radical (unpaired) electrons. The van der Waals surface area contributed by atoms with Crippen molar-refractivity contribution in [3.05, 3.63) is 0 Å². The Labute approximate surface area is 96.7 Å². The monoisotopic (exact) mass is 248 g/mol. The highest BCUT2D eigenvalue weighted by Gasteiger charge is 2.37. The van der Waals surface area contributed by atoms with Crippen molar-refractivity contribution in [1.82, 2.24) is 9.96 Å². The first-order chi connectivity index (χ1) is 7.23. The van der Waals surface area contributed by atoms with Gasteiger partial charge in [-0.1, -0.05) is 0 Å². The molecule has 5 nitrogen and oxygen atoms in total. The van der Waals surface area contributed by atoms with Crippen LogP contribution in [0, 0.1) is 0 Å². The van der Waals surface area contributed by atoms with Crippen molar-refractivity contribution in [3.63, 3.8) is 0 Å². The van der Waals surface area contributed by atoms with Crippen LogP contribution in [-0.2, 0) is 9.36 Å². The Balaban J connectivity index is 2.68. The van der Waals surface area contributed by atoms with Gasteiger partial charge in [0, 0.05) is 13.1 Å². The smallest absolute Gasteiger partial charge is 0.259 e. The number of carbonyl (C=O) groups is 1. The Morgan fingerprint density at radius 1 is 1.50 bits per heavy atom. The minimum Gasteiger partial charge on any atom is -0.323 e. The second-order valence-corrected chi connectivity index (χ2v) is 8.50. The van der Waals surface area contributed by atoms with Crippen LogP contribution in [0.3, 0.4) is 0 Å². The molecule has 0 aliphatic heterocycles. The first-order valence-electron chi connectivity index (χ1n) is 5.49. The van der Waals surface area contributed by atoms with Crippen LogP contribution in [0.25, 0.3) is 0 Å². The lowest BCUT2D eigenvalue weighted by atomic mass is 10.4. The minimum absolute atomic E-state index is 0.108. The van der Waals surface area contributed by atoms with Crippen molar-refractivity contribution in [1.29, 1.82) is 0 Å². The topological polar surface area (TPSA) is 60.9 Å². The van der Waals surface area contributed by atoms with E-state index in [9.17, 15) is 9.36 Å². The van der Waals surface area contributed by atoms with Crippen LogP contribution in [-0.4, -0.2) is 59.8 Å². The van der Waals surface area contributed by atoms with Crippen LogP contribution >= 0.6 is 7.14 Å². The first kappa shape index (κ1) is 13.7. The normalized spacial score (nSPS) is 18.6. The van der Waals surface area contributed by atoms with Gasteiger partial charge in [0.05, 0.1) is 19.5 Å². The van der Waals surface area contributed by atoms with Crippen molar-refractivity contribution >= 4 is 13.0 Å². The van der Waals surface area contributed by atoms with Crippen LogP contribution in [0.4, 0.5) is 0 Å². The third kappa shape index (κ3) is 3.58. The summed E-state index contributed by atoms with van der Waals surface area (Å²) in [6, 6.07) is 0.354. The molecule has 0 saturated heterocycles. The van der Waals surface area contributed by atoms with E-state index in [0.717, 1.165) is 12.8 Å². The van der Waals surface area contributed by atoms with Gasteiger partial charge < -0.3 is 4.57 Å². The number of hydroxylamine groups is 2. The van der Waals surface area contributed by atoms with E-state index in [4.69, 9.17) is 5.21 Å². The lowest BCUT2D eigenvalue weighted by Gasteiger charge is -2.31. The molecule has 16 heavy (non-hydrogen) atoms. The molecule has 6 heteroatoms. The van der Waals surface area contributed by atoms with E-state index >= 15 is 0 Å². The molecule has 0 aromatic carbocycles. The van der Waals surface area contributed by atoms with Gasteiger partial charge in [-0.15, -0.1) is 0 Å². The van der Waals surface area contributed by atoms with Gasteiger partial charge in [0.1, 0.15) is 0 Å². The molecule has 0 heterocycles. The van der Waals surface area contributed by atoms with Gasteiger partial charge in [0.15, 0.2) is 0 Å². The molecule has 0 bridgehead atoms. The average Bonchev–Trinajstić information content (AvgIpc) is 2.94. The number of carbonyl (C=O) groups excluding carboxylic acids is 1. The lowest BCUT2D eigenvalue weighted by molar-refractivity contribution is -0.160. The Hall–Kier alpha value is -0.380. The zero-order chi connectivity index (χ0) is 12.5. The quantitative estimate of drug-likeness (QED) is 0.452. The molecule has 1 amide bonds. The molecule has 1 aliphatic carbocycles. The van der Waals surface area contributed by atoms with E-state index in [-0.39, 0.29) is 18.2 Å². The summed E-state index contributed by atoms with van der Waals surface area (Å²) in [6.07, 6.45) is 2.10. The third-order valence-electron chi connectivity index (χ3n) is 3.07. The van der Waals surface area contributed by atoms with Gasteiger partial charge in [-0.05, 0) is 33.1 Å². The number of hydrogen-bond acceptors (Lipinski definition) is 4. The zero-order valence-corrected chi connectivity index (χ0v) is 11.3. The summed E-state index contributed by atoms with van der Waals surface area (Å²) in [5, 5.41) is 9.64. The molecule has 1 fully saturated rings. The fraction of sp³-hybridized carbons (Fsp3) is 0.900. The maximum Gasteiger partial charge on any atom is 0.259 e. The van der Waals surface area contributed by atoms with Crippen molar-refractivity contribution < 1.29 is 14.6 Å². The zero-order valence-electron chi connectivity index (χ0n) is 10.4. The van der Waals surface area contributed by atoms with Crippen molar-refractivity contribution in [2.75, 3.05) is 26.9 Å². The Kier molecular flexibility index (Phi) is 4.16. The second-order valence-electron chi connectivity index (χ2n) is 4.89. The summed E-state index contributed by atoms with van der Waals surface area (Å²) < 4.78 is 12.0. The van der Waals surface area contributed by atoms with Crippen LogP contribution < -0.4 is 0 Å². The van der Waals surface area contributed by atoms with Gasteiger partial charge in [-0.3, -0.25) is 14.9 Å². The fourth-order valence-corrected chi connectivity index (χ4v) is 2.57. The van der Waals surface area contributed by atoms with E-state index in [0.29, 0.717) is 11.1 Å². The number of likely N-dealkylation sites (N-methyl/N-ethyl adjacent to an activating group) is 1. The maximum atomic E-state index is 12.0. The highest BCUT2D eigenvalue weighted by atomic mass is 31.2. The summed E-state index contributed by atoms with van der Waals surface area (Å²) in [5.41, 5.74) is 0. The number of hydrogen-bond donors (Lipinski definition) is 1. The van der Waals surface area contributed by atoms with Crippen molar-refractivity contribution in [3.8, 4) is 0 Å². The van der Waals surface area contributed by atoms with E-state index in [1.807, 2.05) is 11.8 Å². The number of nitrogens with zero attached hydrogens (tertiary/aromatic N) is 2. The molecule has 0 aromatic heterocycles. The molecular formula is C10H21N2O3P. The number of amides is 1. The van der Waals surface area contributed by atoms with Crippen molar-refractivity contribution in [2.24, 2.45) is 0 Å². The van der Waals surface area contributed by atoms with Gasteiger partial charge in [0.25, 0.3) is 5.91 Å². The molecule has 94 valence electrons. The van der Waals surface area contributed by atoms with Gasteiger partial charge >= 0.3 is 0 Å². The average molecular weight is 248 g/mol. The maximum absolute atomic E-state index is 12.0. The number of rotatable bonds is 5. The summed E-state index contributed by atoms with van der Waals surface area (Å²) in [7, 11) is -0.925. The Bertz CT molecular complexity index is 309. The molecule has 1 rings (SSSR count). The minimum atomic E-state index is -2.24. The molecule has 0 spiro atoms. The Morgan fingerprint density at radius 2 is 2.00 bits per heavy atom. The molecule has 1 atom stereocenters. The van der Waals surface area contributed by atoms with Crippen LogP contribution in [0.1, 0.15) is 19.8 Å². The SMILES string of the molecule is CC(N(CC(=O)N(C)O)C1CC1)P(C)(C)=O. The lowest BCUT2D eigenvalue weighted by Crippen LogP contribution is -2.42. The summed E-state index contributed by atoms with van der Waals surface area (Å²) >= 11 is 0. The predicted octanol–water partition coefficient (Wildman–Crippen LogP) is 1.27. The Morgan fingerprint density at radius 3 is 2.31 bits per heavy atom. The van der Waals surface area contributed by atoms with E-state index in [1.54, 1.807) is 13.3 Å². The van der Waals surface area contributed by atoms with Gasteiger partial charge in [0.2, 0.25) is 0 Å². The van der Waals surface area contributed by atoms with Crippen molar-refractivity contribution in [2.45, 2.75) is 31.6 Å². The van der Waals surface area contributed by atoms with Crippen LogP contribution in [0.5, 0.6) is 0 Å². The third-order valence-corrected chi connectivity index (χ3v) is 5.17. The highest BCUT2D eigenvalue weighted by molar-refractivity contribution is 7.63. The van der Waals surface area contributed by atoms with Crippen LogP contribution in [0.2, 0.25) is 0 Å². The molecule has 1 unspecified atom stereocenters. The highest BCUT2D eigenvalue weighted by Crippen LogP contribution is 2.46. The summed E-state index contributed by atoms with van der Waals surface area (Å²) in [6.45, 7) is 5.51. The van der Waals surface area contributed by atoms with Crippen LogP contribution in [0.15, 0.2) is 0 Å². The van der Waals surface area contributed by atoms with E-state index in [2.05, 4.69) is 0 Å². The predicted molar refractivity (Wildman–Crippen MR) is 63.2 cm³/mol. The summed E-state index contributed by atoms with van der Waals surface area (Å²) in [5.74, 6) is -0.462. The van der Waals surface area contributed by atoms with Gasteiger partial charge in [-0.25, -0.2) is 5.06 Å². The van der Waals surface area contributed by atoms with E-state index < -0.39 is 7.14 Å². The van der Waals surface area contributed by atoms with Gasteiger partial charge in [-0.2, -0.15) is 0 Å². The molecule has 1 N–H and O–H groups in total. The molecule has 0 aromatic rings. The fourth-order valence-electron chi connectivity index (χ4n) is 1.59. The standard InChI is InChI=1S/C10H21N2O3P/c1-8(16(3,4)15)12(9-5-6-9)7-10(13)11(2)14/h8-9,14H,5-7H2,1-4H3. The molecular weight excluding hydrogens is 227 g/mol. The first-order valence-corrected chi connectivity index (χ1v) is 8.16. The largest absolute Gasteiger partial charge is 0.323 e. The van der Waals surface area contributed by atoms with E-state index in [1.165, 1.54) is 7.05 Å². The molecule has 1 saturated carbocycles.